The summed E-state index contributed by atoms with van der Waals surface area (Å²) >= 11 is 5.94. The maximum absolute atomic E-state index is 12.2. The lowest BCUT2D eigenvalue weighted by atomic mass is 10.2. The minimum absolute atomic E-state index is 0.167. The Morgan fingerprint density at radius 2 is 1.90 bits per heavy atom. The standard InChI is InChI=1S/C16H17ClN2O2/c1-11(18-13-6-4-3-5-7-13)16(20)19-14-10-12(17)8-9-15(14)21-2/h3-11,18H,1-2H3,(H,19,20)/t11-/m1/s1. The number of halogens is 1. The van der Waals surface area contributed by atoms with Crippen LogP contribution < -0.4 is 15.4 Å². The minimum atomic E-state index is -0.393. The summed E-state index contributed by atoms with van der Waals surface area (Å²) in [4.78, 5) is 12.2. The summed E-state index contributed by atoms with van der Waals surface area (Å²) in [5, 5.41) is 6.48. The largest absolute Gasteiger partial charge is 0.495 e. The van der Waals surface area contributed by atoms with Gasteiger partial charge in [-0.15, -0.1) is 0 Å². The molecule has 2 aromatic rings. The third-order valence-corrected chi connectivity index (χ3v) is 3.20. The van der Waals surface area contributed by atoms with Gasteiger partial charge in [-0.25, -0.2) is 0 Å². The van der Waals surface area contributed by atoms with Gasteiger partial charge in [-0.1, -0.05) is 29.8 Å². The van der Waals surface area contributed by atoms with E-state index in [1.54, 1.807) is 32.2 Å². The van der Waals surface area contributed by atoms with Gasteiger partial charge in [-0.3, -0.25) is 4.79 Å². The molecule has 2 N–H and O–H groups in total. The van der Waals surface area contributed by atoms with Gasteiger partial charge < -0.3 is 15.4 Å². The number of benzene rings is 2. The zero-order valence-corrected chi connectivity index (χ0v) is 12.6. The quantitative estimate of drug-likeness (QED) is 0.883. The van der Waals surface area contributed by atoms with Gasteiger partial charge in [0.2, 0.25) is 5.91 Å². The van der Waals surface area contributed by atoms with Gasteiger partial charge >= 0.3 is 0 Å². The van der Waals surface area contributed by atoms with Crippen molar-refractivity contribution in [2.24, 2.45) is 0 Å². The van der Waals surface area contributed by atoms with Crippen LogP contribution >= 0.6 is 11.6 Å². The predicted octanol–water partition coefficient (Wildman–Crippen LogP) is 3.79. The van der Waals surface area contributed by atoms with Crippen molar-refractivity contribution in [1.29, 1.82) is 0 Å². The Morgan fingerprint density at radius 1 is 1.19 bits per heavy atom. The van der Waals surface area contributed by atoms with Crippen LogP contribution in [0.5, 0.6) is 5.75 Å². The zero-order chi connectivity index (χ0) is 15.2. The zero-order valence-electron chi connectivity index (χ0n) is 11.9. The second-order valence-corrected chi connectivity index (χ2v) is 5.00. The monoisotopic (exact) mass is 304 g/mol. The third kappa shape index (κ3) is 4.13. The van der Waals surface area contributed by atoms with E-state index in [1.807, 2.05) is 30.3 Å². The molecule has 0 aliphatic carbocycles. The number of carbonyl (C=O) groups excluding carboxylic acids is 1. The molecule has 0 unspecified atom stereocenters. The van der Waals surface area contributed by atoms with E-state index in [2.05, 4.69) is 10.6 Å². The average Bonchev–Trinajstić information content (AvgIpc) is 2.48. The summed E-state index contributed by atoms with van der Waals surface area (Å²) in [6, 6.07) is 14.2. The summed E-state index contributed by atoms with van der Waals surface area (Å²) in [5.74, 6) is 0.402. The van der Waals surface area contributed by atoms with Gasteiger partial charge in [0.1, 0.15) is 11.8 Å². The Balaban J connectivity index is 2.05. The lowest BCUT2D eigenvalue weighted by molar-refractivity contribution is -0.116. The molecule has 2 rings (SSSR count). The average molecular weight is 305 g/mol. The fourth-order valence-corrected chi connectivity index (χ4v) is 2.04. The predicted molar refractivity (Wildman–Crippen MR) is 86.2 cm³/mol. The molecule has 0 fully saturated rings. The molecule has 0 radical (unpaired) electrons. The van der Waals surface area contributed by atoms with Gasteiger partial charge in [0.25, 0.3) is 0 Å². The lowest BCUT2D eigenvalue weighted by Crippen LogP contribution is -2.31. The first-order valence-corrected chi connectivity index (χ1v) is 6.94. The van der Waals surface area contributed by atoms with Crippen LogP contribution in [0.4, 0.5) is 11.4 Å². The molecule has 5 heteroatoms. The Bertz CT molecular complexity index is 617. The van der Waals surface area contributed by atoms with Crippen LogP contribution in [-0.4, -0.2) is 19.1 Å². The van der Waals surface area contributed by atoms with Gasteiger partial charge in [-0.05, 0) is 37.3 Å². The van der Waals surface area contributed by atoms with Gasteiger partial charge in [0.05, 0.1) is 12.8 Å². The van der Waals surface area contributed by atoms with Crippen molar-refractivity contribution in [1.82, 2.24) is 0 Å². The molecule has 4 nitrogen and oxygen atoms in total. The normalized spacial score (nSPS) is 11.6. The van der Waals surface area contributed by atoms with Crippen molar-refractivity contribution >= 4 is 28.9 Å². The van der Waals surface area contributed by atoms with Crippen molar-refractivity contribution in [3.8, 4) is 5.75 Å². The third-order valence-electron chi connectivity index (χ3n) is 2.97. The summed E-state index contributed by atoms with van der Waals surface area (Å²) in [7, 11) is 1.55. The molecule has 0 aliphatic heterocycles. The van der Waals surface area contributed by atoms with Crippen LogP contribution in [0, 0.1) is 0 Å². The van der Waals surface area contributed by atoms with E-state index >= 15 is 0 Å². The van der Waals surface area contributed by atoms with E-state index < -0.39 is 6.04 Å². The van der Waals surface area contributed by atoms with Gasteiger partial charge in [0, 0.05) is 10.7 Å². The fraction of sp³-hybridized carbons (Fsp3) is 0.188. The lowest BCUT2D eigenvalue weighted by Gasteiger charge is -2.16. The highest BCUT2D eigenvalue weighted by atomic mass is 35.5. The van der Waals surface area contributed by atoms with Crippen LogP contribution in [0.3, 0.4) is 0 Å². The minimum Gasteiger partial charge on any atom is -0.495 e. The van der Waals surface area contributed by atoms with Crippen LogP contribution in [0.2, 0.25) is 5.02 Å². The number of methoxy groups -OCH3 is 1. The molecular formula is C16H17ClN2O2. The van der Waals surface area contributed by atoms with E-state index in [1.165, 1.54) is 0 Å². The van der Waals surface area contributed by atoms with Crippen molar-refractivity contribution in [2.75, 3.05) is 17.7 Å². The number of anilines is 2. The summed E-state index contributed by atoms with van der Waals surface area (Å²) < 4.78 is 5.21. The molecule has 0 heterocycles. The van der Waals surface area contributed by atoms with Crippen molar-refractivity contribution in [3.05, 3.63) is 53.6 Å². The molecule has 0 aliphatic rings. The number of carbonyl (C=O) groups is 1. The second-order valence-electron chi connectivity index (χ2n) is 4.57. The van der Waals surface area contributed by atoms with E-state index in [-0.39, 0.29) is 5.91 Å². The highest BCUT2D eigenvalue weighted by molar-refractivity contribution is 6.31. The number of hydrogen-bond acceptors (Lipinski definition) is 3. The number of ether oxygens (including phenoxy) is 1. The topological polar surface area (TPSA) is 50.4 Å². The number of rotatable bonds is 5. The Labute approximate surface area is 129 Å². The maximum Gasteiger partial charge on any atom is 0.246 e. The Hall–Kier alpha value is -2.20. The van der Waals surface area contributed by atoms with Gasteiger partial charge in [0.15, 0.2) is 0 Å². The number of para-hydroxylation sites is 1. The molecule has 0 spiro atoms. The number of amides is 1. The first kappa shape index (κ1) is 15.2. The molecule has 0 bridgehead atoms. The second kappa shape index (κ2) is 6.99. The highest BCUT2D eigenvalue weighted by Crippen LogP contribution is 2.27. The molecular weight excluding hydrogens is 288 g/mol. The Kier molecular flexibility index (Phi) is 5.06. The van der Waals surface area contributed by atoms with Crippen LogP contribution in [-0.2, 0) is 4.79 Å². The summed E-state index contributed by atoms with van der Waals surface area (Å²) in [6.45, 7) is 1.79. The number of nitrogens with one attached hydrogen (secondary N) is 2. The SMILES string of the molecule is COc1ccc(Cl)cc1NC(=O)[C@@H](C)Nc1ccccc1. The fourth-order valence-electron chi connectivity index (χ4n) is 1.87. The van der Waals surface area contributed by atoms with Crippen molar-refractivity contribution < 1.29 is 9.53 Å². The summed E-state index contributed by atoms with van der Waals surface area (Å²) in [5.41, 5.74) is 1.44. The Morgan fingerprint density at radius 3 is 2.57 bits per heavy atom. The van der Waals surface area contributed by atoms with Gasteiger partial charge in [-0.2, -0.15) is 0 Å². The number of hydrogen-bond donors (Lipinski definition) is 2. The summed E-state index contributed by atoms with van der Waals surface area (Å²) in [6.07, 6.45) is 0. The first-order chi connectivity index (χ1) is 10.1. The van der Waals surface area contributed by atoms with E-state index in [4.69, 9.17) is 16.3 Å². The smallest absolute Gasteiger partial charge is 0.246 e. The van der Waals surface area contributed by atoms with E-state index in [9.17, 15) is 4.79 Å². The van der Waals surface area contributed by atoms with Crippen LogP contribution in [0.15, 0.2) is 48.5 Å². The molecule has 110 valence electrons. The van der Waals surface area contributed by atoms with Crippen LogP contribution in [0.25, 0.3) is 0 Å². The molecule has 2 aromatic carbocycles. The molecule has 1 amide bonds. The van der Waals surface area contributed by atoms with E-state index in [0.29, 0.717) is 16.5 Å². The maximum atomic E-state index is 12.2. The first-order valence-electron chi connectivity index (χ1n) is 6.56. The molecule has 0 aromatic heterocycles. The van der Waals surface area contributed by atoms with Crippen molar-refractivity contribution in [3.63, 3.8) is 0 Å². The highest BCUT2D eigenvalue weighted by Gasteiger charge is 2.15. The molecule has 0 saturated heterocycles. The van der Waals surface area contributed by atoms with Crippen molar-refractivity contribution in [2.45, 2.75) is 13.0 Å². The molecule has 0 saturated carbocycles. The van der Waals surface area contributed by atoms with E-state index in [0.717, 1.165) is 5.69 Å². The molecule has 21 heavy (non-hydrogen) atoms. The van der Waals surface area contributed by atoms with Crippen LogP contribution in [0.1, 0.15) is 6.92 Å². The molecule has 1 atom stereocenters.